The average Bonchev–Trinajstić information content (AvgIpc) is 2.90. The maximum atomic E-state index is 11.8. The Balaban J connectivity index is 1.97. The topological polar surface area (TPSA) is 20.3 Å². The van der Waals surface area contributed by atoms with Crippen LogP contribution in [0.15, 0.2) is 30.3 Å². The molecule has 1 amide bonds. The molecular weight excluding hydrogens is 222 g/mol. The van der Waals surface area contributed by atoms with E-state index >= 15 is 0 Å². The van der Waals surface area contributed by atoms with Crippen molar-refractivity contribution in [1.82, 2.24) is 4.90 Å². The Morgan fingerprint density at radius 3 is 2.33 bits per heavy atom. The first kappa shape index (κ1) is 12.9. The number of hydrogen-bond acceptors (Lipinski definition) is 1. The second-order valence-corrected chi connectivity index (χ2v) is 5.19. The van der Waals surface area contributed by atoms with Gasteiger partial charge in [-0.2, -0.15) is 0 Å². The minimum atomic E-state index is 0.139. The molecule has 0 radical (unpaired) electrons. The number of benzene rings is 1. The van der Waals surface area contributed by atoms with Crippen LogP contribution >= 0.6 is 0 Å². The zero-order chi connectivity index (χ0) is 13.0. The molecular formula is C16H21NO. The summed E-state index contributed by atoms with van der Waals surface area (Å²) in [7, 11) is 0. The molecule has 1 aliphatic rings. The van der Waals surface area contributed by atoms with E-state index in [-0.39, 0.29) is 5.91 Å². The number of nitrogens with zero attached hydrogens (tertiary/aromatic N) is 1. The zero-order valence-electron chi connectivity index (χ0n) is 11.2. The smallest absolute Gasteiger partial charge is 0.246 e. The van der Waals surface area contributed by atoms with E-state index in [1.165, 1.54) is 5.56 Å². The fourth-order valence-electron chi connectivity index (χ4n) is 2.20. The quantitative estimate of drug-likeness (QED) is 0.745. The standard InChI is InChI=1S/C16H21NO/c1-13(2)15-8-5-14(6-9-15)7-10-16(18)17-11-3-4-12-17/h5-10,13H,3-4,11-12H2,1-2H3. The Kier molecular flexibility index (Phi) is 4.19. The van der Waals surface area contributed by atoms with Crippen molar-refractivity contribution < 1.29 is 4.79 Å². The minimum Gasteiger partial charge on any atom is -0.339 e. The van der Waals surface area contributed by atoms with Crippen molar-refractivity contribution in [3.8, 4) is 0 Å². The molecule has 0 spiro atoms. The van der Waals surface area contributed by atoms with Crippen LogP contribution in [0.25, 0.3) is 6.08 Å². The van der Waals surface area contributed by atoms with Gasteiger partial charge in [-0.05, 0) is 36.0 Å². The monoisotopic (exact) mass is 243 g/mol. The predicted molar refractivity (Wildman–Crippen MR) is 75.4 cm³/mol. The van der Waals surface area contributed by atoms with E-state index in [0.717, 1.165) is 31.5 Å². The number of hydrogen-bond donors (Lipinski definition) is 0. The summed E-state index contributed by atoms with van der Waals surface area (Å²) in [5, 5.41) is 0. The molecule has 1 saturated heterocycles. The maximum Gasteiger partial charge on any atom is 0.246 e. The predicted octanol–water partition coefficient (Wildman–Crippen LogP) is 3.45. The first-order valence-corrected chi connectivity index (χ1v) is 6.74. The lowest BCUT2D eigenvalue weighted by atomic mass is 10.0. The van der Waals surface area contributed by atoms with E-state index in [1.54, 1.807) is 6.08 Å². The molecule has 1 heterocycles. The molecule has 1 aromatic rings. The highest BCUT2D eigenvalue weighted by atomic mass is 16.2. The van der Waals surface area contributed by atoms with Crippen molar-refractivity contribution in [2.24, 2.45) is 0 Å². The summed E-state index contributed by atoms with van der Waals surface area (Å²) in [5.41, 5.74) is 2.42. The molecule has 2 rings (SSSR count). The second kappa shape index (κ2) is 5.85. The van der Waals surface area contributed by atoms with Gasteiger partial charge in [0.05, 0.1) is 0 Å². The summed E-state index contributed by atoms with van der Waals surface area (Å²) < 4.78 is 0. The van der Waals surface area contributed by atoms with E-state index < -0.39 is 0 Å². The molecule has 0 atom stereocenters. The first-order valence-electron chi connectivity index (χ1n) is 6.74. The molecule has 2 nitrogen and oxygen atoms in total. The molecule has 2 heteroatoms. The summed E-state index contributed by atoms with van der Waals surface area (Å²) in [6.45, 7) is 6.19. The van der Waals surface area contributed by atoms with Crippen LogP contribution in [0, 0.1) is 0 Å². The SMILES string of the molecule is CC(C)c1ccc(C=CC(=O)N2CCCC2)cc1. The van der Waals surface area contributed by atoms with Gasteiger partial charge in [0.1, 0.15) is 0 Å². The Bertz CT molecular complexity index is 425. The van der Waals surface area contributed by atoms with E-state index in [0.29, 0.717) is 5.92 Å². The van der Waals surface area contributed by atoms with Crippen molar-refractivity contribution in [3.63, 3.8) is 0 Å². The van der Waals surface area contributed by atoms with Crippen LogP contribution < -0.4 is 0 Å². The summed E-state index contributed by atoms with van der Waals surface area (Å²) in [6.07, 6.45) is 5.88. The van der Waals surface area contributed by atoms with Crippen LogP contribution in [-0.2, 0) is 4.79 Å². The largest absolute Gasteiger partial charge is 0.339 e. The molecule has 1 fully saturated rings. The van der Waals surface area contributed by atoms with Crippen molar-refractivity contribution in [3.05, 3.63) is 41.5 Å². The van der Waals surface area contributed by atoms with Gasteiger partial charge in [-0.15, -0.1) is 0 Å². The van der Waals surface area contributed by atoms with Gasteiger partial charge in [0, 0.05) is 19.2 Å². The second-order valence-electron chi connectivity index (χ2n) is 5.19. The van der Waals surface area contributed by atoms with E-state index in [2.05, 4.69) is 38.1 Å². The molecule has 18 heavy (non-hydrogen) atoms. The summed E-state index contributed by atoms with van der Waals surface area (Å²) in [5.74, 6) is 0.690. The molecule has 1 aliphatic heterocycles. The van der Waals surface area contributed by atoms with Crippen molar-refractivity contribution in [1.29, 1.82) is 0 Å². The lowest BCUT2D eigenvalue weighted by Crippen LogP contribution is -2.25. The molecule has 0 aromatic heterocycles. The Labute approximate surface area is 109 Å². The maximum absolute atomic E-state index is 11.8. The van der Waals surface area contributed by atoms with Crippen LogP contribution in [0.5, 0.6) is 0 Å². The highest BCUT2D eigenvalue weighted by Gasteiger charge is 2.14. The number of carbonyl (C=O) groups is 1. The van der Waals surface area contributed by atoms with Crippen LogP contribution in [0.1, 0.15) is 43.7 Å². The lowest BCUT2D eigenvalue weighted by molar-refractivity contribution is -0.124. The summed E-state index contributed by atoms with van der Waals surface area (Å²) >= 11 is 0. The molecule has 0 unspecified atom stereocenters. The van der Waals surface area contributed by atoms with Crippen LogP contribution in [0.2, 0.25) is 0 Å². The fourth-order valence-corrected chi connectivity index (χ4v) is 2.20. The molecule has 1 aromatic carbocycles. The lowest BCUT2D eigenvalue weighted by Gasteiger charge is -2.11. The first-order chi connectivity index (χ1) is 8.66. The van der Waals surface area contributed by atoms with Crippen LogP contribution in [0.3, 0.4) is 0 Å². The van der Waals surface area contributed by atoms with Gasteiger partial charge in [0.15, 0.2) is 0 Å². The minimum absolute atomic E-state index is 0.139. The molecule has 0 aliphatic carbocycles. The fraction of sp³-hybridized carbons (Fsp3) is 0.438. The number of amides is 1. The van der Waals surface area contributed by atoms with E-state index in [9.17, 15) is 4.79 Å². The van der Waals surface area contributed by atoms with Gasteiger partial charge in [-0.3, -0.25) is 4.79 Å². The van der Waals surface area contributed by atoms with Gasteiger partial charge >= 0.3 is 0 Å². The highest BCUT2D eigenvalue weighted by Crippen LogP contribution is 2.15. The zero-order valence-corrected chi connectivity index (χ0v) is 11.2. The number of rotatable bonds is 3. The highest BCUT2D eigenvalue weighted by molar-refractivity contribution is 5.91. The Morgan fingerprint density at radius 2 is 1.78 bits per heavy atom. The van der Waals surface area contributed by atoms with Crippen LogP contribution in [0.4, 0.5) is 0 Å². The van der Waals surface area contributed by atoms with Gasteiger partial charge in [-0.1, -0.05) is 38.1 Å². The van der Waals surface area contributed by atoms with Gasteiger partial charge in [0.2, 0.25) is 5.91 Å². The number of likely N-dealkylation sites (tertiary alicyclic amines) is 1. The van der Waals surface area contributed by atoms with Crippen molar-refractivity contribution in [2.45, 2.75) is 32.6 Å². The molecule has 0 N–H and O–H groups in total. The van der Waals surface area contributed by atoms with Gasteiger partial charge in [-0.25, -0.2) is 0 Å². The van der Waals surface area contributed by atoms with Crippen LogP contribution in [-0.4, -0.2) is 23.9 Å². The third-order valence-corrected chi connectivity index (χ3v) is 3.44. The normalized spacial score (nSPS) is 15.8. The van der Waals surface area contributed by atoms with Crippen molar-refractivity contribution >= 4 is 12.0 Å². The van der Waals surface area contributed by atoms with E-state index in [4.69, 9.17) is 0 Å². The molecule has 96 valence electrons. The summed E-state index contributed by atoms with van der Waals surface area (Å²) in [4.78, 5) is 13.7. The Morgan fingerprint density at radius 1 is 1.17 bits per heavy atom. The third-order valence-electron chi connectivity index (χ3n) is 3.44. The summed E-state index contributed by atoms with van der Waals surface area (Å²) in [6, 6.07) is 8.40. The Hall–Kier alpha value is -1.57. The molecule has 0 bridgehead atoms. The van der Waals surface area contributed by atoms with Crippen molar-refractivity contribution in [2.75, 3.05) is 13.1 Å². The average molecular weight is 243 g/mol. The van der Waals surface area contributed by atoms with E-state index in [1.807, 2.05) is 11.0 Å². The molecule has 0 saturated carbocycles. The van der Waals surface area contributed by atoms with Gasteiger partial charge < -0.3 is 4.90 Å². The third kappa shape index (κ3) is 3.22. The van der Waals surface area contributed by atoms with Gasteiger partial charge in [0.25, 0.3) is 0 Å². The number of carbonyl (C=O) groups excluding carboxylic acids is 1.